The van der Waals surface area contributed by atoms with E-state index in [0.717, 1.165) is 6.07 Å². The third-order valence-electron chi connectivity index (χ3n) is 2.76. The van der Waals surface area contributed by atoms with Gasteiger partial charge in [0.15, 0.2) is 0 Å². The van der Waals surface area contributed by atoms with Gasteiger partial charge in [-0.1, -0.05) is 12.1 Å². The summed E-state index contributed by atoms with van der Waals surface area (Å²) in [4.78, 5) is 21.4. The van der Waals surface area contributed by atoms with Crippen LogP contribution in [-0.4, -0.2) is 39.8 Å². The van der Waals surface area contributed by atoms with E-state index in [1.54, 1.807) is 0 Å². The number of hydrogen-bond acceptors (Lipinski definition) is 4. The molecule has 7 heteroatoms. The van der Waals surface area contributed by atoms with Crippen molar-refractivity contribution in [3.8, 4) is 0 Å². The van der Waals surface area contributed by atoms with Gasteiger partial charge < -0.3 is 20.6 Å². The van der Waals surface area contributed by atoms with E-state index in [1.165, 1.54) is 19.1 Å². The van der Waals surface area contributed by atoms with Gasteiger partial charge in [-0.15, -0.1) is 0 Å². The predicted octanol–water partition coefficient (Wildman–Crippen LogP) is 0.444. The number of aliphatic hydroxyl groups is 2. The van der Waals surface area contributed by atoms with Gasteiger partial charge in [0.1, 0.15) is 11.9 Å². The van der Waals surface area contributed by atoms with Crippen LogP contribution in [0.25, 0.3) is 0 Å². The quantitative estimate of drug-likeness (QED) is 0.607. The van der Waals surface area contributed by atoms with Gasteiger partial charge in [0, 0.05) is 19.0 Å². The number of carbonyl (C=O) groups excluding carboxylic acids is 1. The third kappa shape index (κ3) is 4.01. The molecule has 0 fully saturated rings. The second-order valence-electron chi connectivity index (χ2n) is 4.30. The van der Waals surface area contributed by atoms with E-state index in [0.29, 0.717) is 0 Å². The highest BCUT2D eigenvalue weighted by Crippen LogP contribution is 2.24. The minimum atomic E-state index is -1.57. The van der Waals surface area contributed by atoms with Gasteiger partial charge in [-0.3, -0.25) is 4.79 Å². The fourth-order valence-electron chi connectivity index (χ4n) is 1.70. The standard InChI is InChI=1S/C13H16FNO5/c1-7(16)15-6-5-10(17)12(18)8-3-2-4-9(11(8)14)13(19)20/h2-4,10,12,17-18H,5-6H2,1H3,(H,15,16)(H,19,20). The zero-order valence-electron chi connectivity index (χ0n) is 10.8. The van der Waals surface area contributed by atoms with E-state index in [2.05, 4.69) is 5.32 Å². The molecule has 0 aliphatic heterocycles. The molecule has 0 aromatic heterocycles. The lowest BCUT2D eigenvalue weighted by atomic mass is 9.99. The first-order chi connectivity index (χ1) is 9.34. The van der Waals surface area contributed by atoms with Gasteiger partial charge in [-0.2, -0.15) is 0 Å². The molecule has 0 heterocycles. The molecule has 0 bridgehead atoms. The van der Waals surface area contributed by atoms with Gasteiger partial charge in [-0.25, -0.2) is 9.18 Å². The minimum Gasteiger partial charge on any atom is -0.478 e. The molecule has 0 saturated heterocycles. The maximum atomic E-state index is 13.9. The van der Waals surface area contributed by atoms with Crippen molar-refractivity contribution in [1.82, 2.24) is 5.32 Å². The molecule has 0 radical (unpaired) electrons. The van der Waals surface area contributed by atoms with Crippen molar-refractivity contribution in [2.75, 3.05) is 6.54 Å². The number of benzene rings is 1. The Morgan fingerprint density at radius 2 is 2.00 bits per heavy atom. The van der Waals surface area contributed by atoms with Crippen LogP contribution in [0.2, 0.25) is 0 Å². The number of rotatable bonds is 6. The summed E-state index contributed by atoms with van der Waals surface area (Å²) in [5.41, 5.74) is -0.865. The van der Waals surface area contributed by atoms with Crippen LogP contribution < -0.4 is 5.32 Å². The summed E-state index contributed by atoms with van der Waals surface area (Å²) < 4.78 is 13.9. The first kappa shape index (κ1) is 16.1. The van der Waals surface area contributed by atoms with E-state index < -0.39 is 29.6 Å². The minimum absolute atomic E-state index is 0.0114. The monoisotopic (exact) mass is 285 g/mol. The maximum absolute atomic E-state index is 13.9. The summed E-state index contributed by atoms with van der Waals surface area (Å²) in [5.74, 6) is -2.82. The number of hydrogen-bond donors (Lipinski definition) is 4. The van der Waals surface area contributed by atoms with Crippen molar-refractivity contribution in [3.63, 3.8) is 0 Å². The van der Waals surface area contributed by atoms with Gasteiger partial charge >= 0.3 is 5.97 Å². The highest BCUT2D eigenvalue weighted by molar-refractivity contribution is 5.88. The number of carbonyl (C=O) groups is 2. The van der Waals surface area contributed by atoms with E-state index in [-0.39, 0.29) is 24.4 Å². The molecule has 0 spiro atoms. The number of carboxylic acids is 1. The van der Waals surface area contributed by atoms with Crippen LogP contribution in [0, 0.1) is 5.82 Å². The van der Waals surface area contributed by atoms with E-state index >= 15 is 0 Å². The van der Waals surface area contributed by atoms with Crippen LogP contribution in [0.5, 0.6) is 0 Å². The molecule has 20 heavy (non-hydrogen) atoms. The summed E-state index contributed by atoms with van der Waals surface area (Å²) in [6, 6.07) is 3.55. The average Bonchev–Trinajstić information content (AvgIpc) is 2.37. The Bertz CT molecular complexity index is 506. The van der Waals surface area contributed by atoms with Crippen molar-refractivity contribution >= 4 is 11.9 Å². The van der Waals surface area contributed by atoms with E-state index in [1.807, 2.05) is 0 Å². The fourth-order valence-corrected chi connectivity index (χ4v) is 1.70. The molecule has 6 nitrogen and oxygen atoms in total. The van der Waals surface area contributed by atoms with E-state index in [9.17, 15) is 24.2 Å². The smallest absolute Gasteiger partial charge is 0.338 e. The topological polar surface area (TPSA) is 107 Å². The Hall–Kier alpha value is -1.99. The zero-order chi connectivity index (χ0) is 15.3. The van der Waals surface area contributed by atoms with Gasteiger partial charge in [0.25, 0.3) is 0 Å². The second-order valence-corrected chi connectivity index (χ2v) is 4.30. The Balaban J connectivity index is 2.81. The van der Waals surface area contributed by atoms with Crippen LogP contribution in [0.15, 0.2) is 18.2 Å². The van der Waals surface area contributed by atoms with Crippen molar-refractivity contribution in [1.29, 1.82) is 0 Å². The number of carboxylic acid groups (broad SMARTS) is 1. The number of aromatic carboxylic acids is 1. The molecule has 0 aliphatic carbocycles. The summed E-state index contributed by atoms with van der Waals surface area (Å²) >= 11 is 0. The summed E-state index contributed by atoms with van der Waals surface area (Å²) in [6.45, 7) is 1.42. The lowest BCUT2D eigenvalue weighted by molar-refractivity contribution is -0.119. The second kappa shape index (κ2) is 6.97. The Morgan fingerprint density at radius 1 is 1.35 bits per heavy atom. The molecule has 2 atom stereocenters. The molecule has 1 aromatic rings. The first-order valence-corrected chi connectivity index (χ1v) is 5.97. The molecular formula is C13H16FNO5. The van der Waals surface area contributed by atoms with Crippen LogP contribution in [-0.2, 0) is 4.79 Å². The summed E-state index contributed by atoms with van der Waals surface area (Å²) in [5, 5.41) is 30.8. The highest BCUT2D eigenvalue weighted by atomic mass is 19.1. The lowest BCUT2D eigenvalue weighted by Crippen LogP contribution is -2.28. The highest BCUT2D eigenvalue weighted by Gasteiger charge is 2.24. The molecule has 1 amide bonds. The third-order valence-corrected chi connectivity index (χ3v) is 2.76. The van der Waals surface area contributed by atoms with Crippen molar-refractivity contribution in [2.45, 2.75) is 25.6 Å². The molecule has 0 aliphatic rings. The molecule has 0 saturated carbocycles. The van der Waals surface area contributed by atoms with Crippen molar-refractivity contribution < 1.29 is 29.3 Å². The first-order valence-electron chi connectivity index (χ1n) is 5.97. The SMILES string of the molecule is CC(=O)NCCC(O)C(O)c1cccc(C(=O)O)c1F. The summed E-state index contributed by atoms with van der Waals surface area (Å²) in [6.07, 6.45) is -2.87. The number of halogens is 1. The Morgan fingerprint density at radius 3 is 2.55 bits per heavy atom. The lowest BCUT2D eigenvalue weighted by Gasteiger charge is -2.19. The molecule has 1 aromatic carbocycles. The van der Waals surface area contributed by atoms with Crippen LogP contribution in [0.3, 0.4) is 0 Å². The molecular weight excluding hydrogens is 269 g/mol. The number of aliphatic hydroxyl groups excluding tert-OH is 2. The van der Waals surface area contributed by atoms with Gasteiger partial charge in [0.2, 0.25) is 5.91 Å². The molecule has 2 unspecified atom stereocenters. The predicted molar refractivity (Wildman–Crippen MR) is 67.6 cm³/mol. The van der Waals surface area contributed by atoms with Crippen molar-refractivity contribution in [3.05, 3.63) is 35.1 Å². The average molecular weight is 285 g/mol. The van der Waals surface area contributed by atoms with Gasteiger partial charge in [-0.05, 0) is 12.5 Å². The molecule has 1 rings (SSSR count). The van der Waals surface area contributed by atoms with Crippen LogP contribution in [0.1, 0.15) is 35.4 Å². The Kier molecular flexibility index (Phi) is 5.60. The number of amides is 1. The van der Waals surface area contributed by atoms with E-state index in [4.69, 9.17) is 5.11 Å². The van der Waals surface area contributed by atoms with Gasteiger partial charge in [0.05, 0.1) is 11.7 Å². The van der Waals surface area contributed by atoms with Crippen molar-refractivity contribution in [2.24, 2.45) is 0 Å². The normalized spacial score (nSPS) is 13.6. The number of nitrogens with one attached hydrogen (secondary N) is 1. The molecule has 110 valence electrons. The van der Waals surface area contributed by atoms with Crippen LogP contribution >= 0.6 is 0 Å². The maximum Gasteiger partial charge on any atom is 0.338 e. The molecule has 4 N–H and O–H groups in total. The Labute approximate surface area is 114 Å². The largest absolute Gasteiger partial charge is 0.478 e. The van der Waals surface area contributed by atoms with Crippen LogP contribution in [0.4, 0.5) is 4.39 Å². The summed E-state index contributed by atoms with van der Waals surface area (Å²) in [7, 11) is 0. The fraction of sp³-hybridized carbons (Fsp3) is 0.385. The zero-order valence-corrected chi connectivity index (χ0v) is 10.8.